The minimum Gasteiger partial charge on any atom is -0.384 e. The Morgan fingerprint density at radius 1 is 1.44 bits per heavy atom. The summed E-state index contributed by atoms with van der Waals surface area (Å²) in [4.78, 5) is 4.23. The molecule has 84 valence electrons. The molecule has 2 heterocycles. The normalized spacial score (nSPS) is 10.6. The van der Waals surface area contributed by atoms with Gasteiger partial charge in [-0.3, -0.25) is 4.98 Å². The lowest BCUT2D eigenvalue weighted by Gasteiger charge is -2.00. The van der Waals surface area contributed by atoms with Gasteiger partial charge in [0.25, 0.3) is 0 Å². The van der Waals surface area contributed by atoms with Gasteiger partial charge in [0.15, 0.2) is 0 Å². The molecule has 0 saturated carbocycles. The number of pyridine rings is 1. The van der Waals surface area contributed by atoms with Crippen LogP contribution in [0.1, 0.15) is 5.69 Å². The Morgan fingerprint density at radius 3 is 3.00 bits per heavy atom. The Morgan fingerprint density at radius 2 is 2.31 bits per heavy atom. The number of nitrogens with zero attached hydrogens (tertiary/aromatic N) is 2. The molecule has 5 heteroatoms. The van der Waals surface area contributed by atoms with Crippen molar-refractivity contribution in [3.63, 3.8) is 0 Å². The largest absolute Gasteiger partial charge is 0.384 e. The molecule has 2 N–H and O–H groups in total. The zero-order chi connectivity index (χ0) is 11.4. The van der Waals surface area contributed by atoms with E-state index in [0.717, 1.165) is 17.0 Å². The average molecular weight is 219 g/mol. The number of rotatable bonds is 4. The molecule has 0 saturated heterocycles. The van der Waals surface area contributed by atoms with E-state index in [0.29, 0.717) is 18.9 Å². The zero-order valence-electron chi connectivity index (χ0n) is 9.01. The Balaban J connectivity index is 2.35. The van der Waals surface area contributed by atoms with Crippen molar-refractivity contribution in [1.82, 2.24) is 10.1 Å². The van der Waals surface area contributed by atoms with Crippen LogP contribution in [0.5, 0.6) is 0 Å². The maximum atomic E-state index is 5.74. The van der Waals surface area contributed by atoms with Gasteiger partial charge in [0.1, 0.15) is 0 Å². The predicted octanol–water partition coefficient (Wildman–Crippen LogP) is 1.51. The highest BCUT2D eigenvalue weighted by Gasteiger charge is 2.15. The molecule has 0 atom stereocenters. The fraction of sp³-hybridized carbons (Fsp3) is 0.273. The van der Waals surface area contributed by atoms with Gasteiger partial charge in [-0.15, -0.1) is 0 Å². The standard InChI is InChI=1S/C11H13N3O2/c1-15-7-5-9-10(11(12)16-14-9)8-4-2-3-6-13-8/h2-4,6H,5,7,12H2,1H3. The maximum absolute atomic E-state index is 5.74. The average Bonchev–Trinajstić information content (AvgIpc) is 2.69. The highest BCUT2D eigenvalue weighted by atomic mass is 16.5. The SMILES string of the molecule is COCCc1noc(N)c1-c1ccccn1. The summed E-state index contributed by atoms with van der Waals surface area (Å²) in [6.45, 7) is 0.575. The smallest absolute Gasteiger partial charge is 0.231 e. The molecule has 5 nitrogen and oxygen atoms in total. The molecule has 16 heavy (non-hydrogen) atoms. The molecule has 0 aliphatic carbocycles. The molecular formula is C11H13N3O2. The summed E-state index contributed by atoms with van der Waals surface area (Å²) in [5.41, 5.74) is 8.04. The van der Waals surface area contributed by atoms with Gasteiger partial charge in [0.2, 0.25) is 5.88 Å². The van der Waals surface area contributed by atoms with Crippen molar-refractivity contribution in [3.8, 4) is 11.3 Å². The Kier molecular flexibility index (Phi) is 3.16. The zero-order valence-corrected chi connectivity index (χ0v) is 9.01. The number of hydrogen-bond donors (Lipinski definition) is 1. The van der Waals surface area contributed by atoms with Crippen molar-refractivity contribution in [2.75, 3.05) is 19.5 Å². The summed E-state index contributed by atoms with van der Waals surface area (Å²) in [6, 6.07) is 5.62. The minimum absolute atomic E-state index is 0.296. The fourth-order valence-electron chi connectivity index (χ4n) is 1.49. The molecule has 0 aliphatic heterocycles. The van der Waals surface area contributed by atoms with Crippen LogP contribution in [0, 0.1) is 0 Å². The highest BCUT2D eigenvalue weighted by molar-refractivity contribution is 5.71. The molecule has 2 rings (SSSR count). The lowest BCUT2D eigenvalue weighted by Crippen LogP contribution is -1.98. The van der Waals surface area contributed by atoms with Crippen molar-refractivity contribution in [2.45, 2.75) is 6.42 Å². The van der Waals surface area contributed by atoms with Gasteiger partial charge in [-0.1, -0.05) is 11.2 Å². The summed E-state index contributed by atoms with van der Waals surface area (Å²) in [5, 5.41) is 3.91. The van der Waals surface area contributed by atoms with Crippen LogP contribution >= 0.6 is 0 Å². The van der Waals surface area contributed by atoms with Crippen LogP contribution in [-0.4, -0.2) is 23.9 Å². The first-order chi connectivity index (χ1) is 7.83. The topological polar surface area (TPSA) is 74.2 Å². The maximum Gasteiger partial charge on any atom is 0.231 e. The molecule has 0 aromatic carbocycles. The predicted molar refractivity (Wildman–Crippen MR) is 59.7 cm³/mol. The Labute approximate surface area is 93.2 Å². The van der Waals surface area contributed by atoms with Crippen LogP contribution in [0.4, 0.5) is 5.88 Å². The van der Waals surface area contributed by atoms with Gasteiger partial charge in [0, 0.05) is 19.7 Å². The van der Waals surface area contributed by atoms with Crippen LogP contribution in [0.25, 0.3) is 11.3 Å². The van der Waals surface area contributed by atoms with Crippen molar-refractivity contribution in [2.24, 2.45) is 0 Å². The molecule has 0 amide bonds. The molecule has 0 unspecified atom stereocenters. The molecule has 0 aliphatic rings. The van der Waals surface area contributed by atoms with E-state index in [1.165, 1.54) is 0 Å². The summed E-state index contributed by atoms with van der Waals surface area (Å²) >= 11 is 0. The van der Waals surface area contributed by atoms with Crippen LogP contribution in [0.2, 0.25) is 0 Å². The molecule has 0 radical (unpaired) electrons. The molecule has 0 spiro atoms. The van der Waals surface area contributed by atoms with E-state index >= 15 is 0 Å². The second kappa shape index (κ2) is 4.76. The third-order valence-corrected chi connectivity index (χ3v) is 2.25. The summed E-state index contributed by atoms with van der Waals surface area (Å²) in [5.74, 6) is 0.296. The van der Waals surface area contributed by atoms with Crippen molar-refractivity contribution < 1.29 is 9.26 Å². The Bertz CT molecular complexity index is 454. The van der Waals surface area contributed by atoms with Gasteiger partial charge in [-0.25, -0.2) is 0 Å². The molecule has 0 bridgehead atoms. The number of nitrogen functional groups attached to an aromatic ring is 1. The van der Waals surface area contributed by atoms with Gasteiger partial charge in [-0.05, 0) is 12.1 Å². The van der Waals surface area contributed by atoms with Crippen LogP contribution < -0.4 is 5.73 Å². The first-order valence-corrected chi connectivity index (χ1v) is 4.97. The van der Waals surface area contributed by atoms with Crippen LogP contribution in [-0.2, 0) is 11.2 Å². The molecule has 2 aromatic rings. The van der Waals surface area contributed by atoms with Crippen LogP contribution in [0.15, 0.2) is 28.9 Å². The lowest BCUT2D eigenvalue weighted by atomic mass is 10.1. The van der Waals surface area contributed by atoms with Crippen molar-refractivity contribution in [3.05, 3.63) is 30.1 Å². The third kappa shape index (κ3) is 2.04. The molecule has 0 fully saturated rings. The number of anilines is 1. The second-order valence-corrected chi connectivity index (χ2v) is 3.33. The van der Waals surface area contributed by atoms with E-state index in [-0.39, 0.29) is 0 Å². The number of nitrogens with two attached hydrogens (primary N) is 1. The lowest BCUT2D eigenvalue weighted by molar-refractivity contribution is 0.200. The van der Waals surface area contributed by atoms with Gasteiger partial charge in [0.05, 0.1) is 23.6 Å². The Hall–Kier alpha value is -1.88. The van der Waals surface area contributed by atoms with E-state index in [1.54, 1.807) is 13.3 Å². The van der Waals surface area contributed by atoms with E-state index in [1.807, 2.05) is 18.2 Å². The minimum atomic E-state index is 0.296. The monoisotopic (exact) mass is 219 g/mol. The van der Waals surface area contributed by atoms with Gasteiger partial charge >= 0.3 is 0 Å². The van der Waals surface area contributed by atoms with Gasteiger partial charge < -0.3 is 15.0 Å². The van der Waals surface area contributed by atoms with E-state index < -0.39 is 0 Å². The number of ether oxygens (including phenoxy) is 1. The third-order valence-electron chi connectivity index (χ3n) is 2.25. The summed E-state index contributed by atoms with van der Waals surface area (Å²) in [7, 11) is 1.64. The first kappa shape index (κ1) is 10.6. The first-order valence-electron chi connectivity index (χ1n) is 4.97. The van der Waals surface area contributed by atoms with E-state index in [9.17, 15) is 0 Å². The fourth-order valence-corrected chi connectivity index (χ4v) is 1.49. The molecule has 2 aromatic heterocycles. The second-order valence-electron chi connectivity index (χ2n) is 3.33. The van der Waals surface area contributed by atoms with Crippen molar-refractivity contribution in [1.29, 1.82) is 0 Å². The number of aromatic nitrogens is 2. The van der Waals surface area contributed by atoms with E-state index in [2.05, 4.69) is 10.1 Å². The van der Waals surface area contributed by atoms with Crippen LogP contribution in [0.3, 0.4) is 0 Å². The summed E-state index contributed by atoms with van der Waals surface area (Å²) < 4.78 is 9.98. The number of hydrogen-bond acceptors (Lipinski definition) is 5. The number of methoxy groups -OCH3 is 1. The van der Waals surface area contributed by atoms with Gasteiger partial charge in [-0.2, -0.15) is 0 Å². The quantitative estimate of drug-likeness (QED) is 0.843. The highest BCUT2D eigenvalue weighted by Crippen LogP contribution is 2.27. The molecular weight excluding hydrogens is 206 g/mol. The van der Waals surface area contributed by atoms with Crippen molar-refractivity contribution >= 4 is 5.88 Å². The summed E-state index contributed by atoms with van der Waals surface area (Å²) in [6.07, 6.45) is 2.37. The van der Waals surface area contributed by atoms with E-state index in [4.69, 9.17) is 15.0 Å².